The number of amides is 1. The fraction of sp³-hybridized carbons (Fsp3) is 0. The first kappa shape index (κ1) is 16.5. The molecule has 0 radical (unpaired) electrons. The number of carbonyl (C=O) groups is 1. The molecular weight excluding hydrogens is 379 g/mol. The Bertz CT molecular complexity index is 733. The minimum atomic E-state index is -0.655. The van der Waals surface area contributed by atoms with Crippen molar-refractivity contribution in [3.05, 3.63) is 54.9 Å². The number of phenolic OH excluding ortho intramolecular Hbond substituents is 1. The van der Waals surface area contributed by atoms with E-state index in [9.17, 15) is 9.90 Å². The van der Waals surface area contributed by atoms with Crippen molar-refractivity contribution < 1.29 is 9.90 Å². The zero-order valence-electron chi connectivity index (χ0n) is 10.1. The molecule has 0 aliphatic heterocycles. The molecule has 0 saturated carbocycles. The van der Waals surface area contributed by atoms with Crippen LogP contribution in [0, 0.1) is 0 Å². The van der Waals surface area contributed by atoms with Gasteiger partial charge >= 0.3 is 0 Å². The van der Waals surface area contributed by atoms with Crippen molar-refractivity contribution in [2.45, 2.75) is 0 Å². The Morgan fingerprint density at radius 2 is 1.62 bits per heavy atom. The maximum absolute atomic E-state index is 12.2. The number of rotatable bonds is 2. The molecule has 1 amide bonds. The Labute approximate surface area is 145 Å². The monoisotopic (exact) mass is 383 g/mol. The maximum atomic E-state index is 12.2. The zero-order valence-corrected chi connectivity index (χ0v) is 13.8. The van der Waals surface area contributed by atoms with Gasteiger partial charge in [-0.15, -0.1) is 0 Å². The lowest BCUT2D eigenvalue weighted by Crippen LogP contribution is -2.12. The summed E-state index contributed by atoms with van der Waals surface area (Å²) in [6.45, 7) is 0. The Hall–Kier alpha value is -0.840. The van der Waals surface area contributed by atoms with Crippen molar-refractivity contribution in [3.8, 4) is 5.75 Å². The van der Waals surface area contributed by atoms with E-state index in [0.29, 0.717) is 0 Å². The van der Waals surface area contributed by atoms with E-state index in [2.05, 4.69) is 5.32 Å². The number of nitrogens with one attached hydrogen (secondary N) is 1. The highest BCUT2D eigenvalue weighted by molar-refractivity contribution is 6.49. The van der Waals surface area contributed by atoms with E-state index in [-0.39, 0.29) is 36.4 Å². The highest BCUT2D eigenvalue weighted by Crippen LogP contribution is 2.40. The normalized spacial score (nSPS) is 10.5. The Morgan fingerprint density at radius 1 is 0.952 bits per heavy atom. The van der Waals surface area contributed by atoms with E-state index in [4.69, 9.17) is 58.0 Å². The molecule has 110 valence electrons. The Morgan fingerprint density at radius 3 is 2.29 bits per heavy atom. The molecule has 2 aromatic carbocycles. The van der Waals surface area contributed by atoms with E-state index in [1.54, 1.807) is 18.2 Å². The van der Waals surface area contributed by atoms with Crippen LogP contribution in [-0.2, 0) is 0 Å². The summed E-state index contributed by atoms with van der Waals surface area (Å²) in [6, 6.07) is 5.96. The van der Waals surface area contributed by atoms with Gasteiger partial charge in [-0.05, 0) is 18.2 Å². The van der Waals surface area contributed by atoms with Crippen LogP contribution in [-0.4, -0.2) is 11.0 Å². The van der Waals surface area contributed by atoms with Crippen molar-refractivity contribution in [1.82, 2.24) is 0 Å². The SMILES string of the molecule is O=C(Nc1cccc(Cl)c1Cl)c1cc(Cl)c(Cl)c(Cl)c1O. The molecule has 3 nitrogen and oxygen atoms in total. The molecule has 8 heteroatoms. The second-order valence-corrected chi connectivity index (χ2v) is 5.89. The molecule has 0 heterocycles. The van der Waals surface area contributed by atoms with E-state index in [1.165, 1.54) is 6.07 Å². The first-order valence-electron chi connectivity index (χ1n) is 5.44. The summed E-state index contributed by atoms with van der Waals surface area (Å²) in [5.74, 6) is -1.13. The summed E-state index contributed by atoms with van der Waals surface area (Å²) in [5.41, 5.74) is 0.154. The van der Waals surface area contributed by atoms with E-state index in [1.807, 2.05) is 0 Å². The lowest BCUT2D eigenvalue weighted by atomic mass is 10.1. The molecule has 0 fully saturated rings. The van der Waals surface area contributed by atoms with Crippen LogP contribution in [0.15, 0.2) is 24.3 Å². The number of benzene rings is 2. The van der Waals surface area contributed by atoms with Gasteiger partial charge in [0, 0.05) is 0 Å². The fourth-order valence-corrected chi connectivity index (χ4v) is 2.50. The minimum Gasteiger partial charge on any atom is -0.505 e. The zero-order chi connectivity index (χ0) is 15.7. The molecule has 2 N–H and O–H groups in total. The topological polar surface area (TPSA) is 49.3 Å². The van der Waals surface area contributed by atoms with Crippen LogP contribution in [0.25, 0.3) is 0 Å². The minimum absolute atomic E-state index is 0.0341. The van der Waals surface area contributed by atoms with Gasteiger partial charge in [-0.25, -0.2) is 0 Å². The summed E-state index contributed by atoms with van der Waals surface area (Å²) in [5, 5.41) is 12.7. The third kappa shape index (κ3) is 3.33. The van der Waals surface area contributed by atoms with E-state index >= 15 is 0 Å². The number of aromatic hydroxyl groups is 1. The van der Waals surface area contributed by atoms with Gasteiger partial charge in [0.05, 0.1) is 31.3 Å². The van der Waals surface area contributed by atoms with Gasteiger partial charge in [-0.3, -0.25) is 4.79 Å². The quantitative estimate of drug-likeness (QED) is 0.631. The molecule has 0 spiro atoms. The number of anilines is 1. The maximum Gasteiger partial charge on any atom is 0.259 e. The highest BCUT2D eigenvalue weighted by atomic mass is 35.5. The average molecular weight is 385 g/mol. The lowest BCUT2D eigenvalue weighted by Gasteiger charge is -2.11. The van der Waals surface area contributed by atoms with Crippen LogP contribution in [0.2, 0.25) is 25.1 Å². The summed E-state index contributed by atoms with van der Waals surface area (Å²) in [4.78, 5) is 12.2. The average Bonchev–Trinajstić information content (AvgIpc) is 2.45. The number of phenols is 1. The predicted octanol–water partition coefficient (Wildman–Crippen LogP) is 5.91. The fourth-order valence-electron chi connectivity index (χ4n) is 1.55. The van der Waals surface area contributed by atoms with Crippen LogP contribution in [0.5, 0.6) is 5.75 Å². The second-order valence-electron chi connectivity index (χ2n) is 3.94. The number of hydrogen-bond acceptors (Lipinski definition) is 2. The van der Waals surface area contributed by atoms with Crippen molar-refractivity contribution in [1.29, 1.82) is 0 Å². The molecule has 21 heavy (non-hydrogen) atoms. The van der Waals surface area contributed by atoms with Crippen LogP contribution in [0.3, 0.4) is 0 Å². The smallest absolute Gasteiger partial charge is 0.259 e. The molecule has 2 rings (SSSR count). The Balaban J connectivity index is 2.40. The van der Waals surface area contributed by atoms with Crippen molar-refractivity contribution in [3.63, 3.8) is 0 Å². The van der Waals surface area contributed by atoms with Crippen LogP contribution < -0.4 is 5.32 Å². The molecule has 0 aromatic heterocycles. The summed E-state index contributed by atoms with van der Waals surface area (Å²) < 4.78 is 0. The number of hydrogen-bond donors (Lipinski definition) is 2. The predicted molar refractivity (Wildman–Crippen MR) is 87.6 cm³/mol. The van der Waals surface area contributed by atoms with Gasteiger partial charge in [-0.2, -0.15) is 0 Å². The molecular formula is C13H6Cl5NO2. The summed E-state index contributed by atoms with van der Waals surface area (Å²) in [6.07, 6.45) is 0. The van der Waals surface area contributed by atoms with Crippen molar-refractivity contribution in [2.75, 3.05) is 5.32 Å². The van der Waals surface area contributed by atoms with Gasteiger partial charge in [0.25, 0.3) is 5.91 Å². The standard InChI is InChI=1S/C13H6Cl5NO2/c14-6-2-1-3-8(9(6)16)19-13(21)5-4-7(15)10(17)11(18)12(5)20/h1-4,20H,(H,19,21). The lowest BCUT2D eigenvalue weighted by molar-refractivity contribution is 0.102. The van der Waals surface area contributed by atoms with Crippen LogP contribution in [0.4, 0.5) is 5.69 Å². The van der Waals surface area contributed by atoms with Crippen molar-refractivity contribution >= 4 is 69.6 Å². The van der Waals surface area contributed by atoms with Crippen LogP contribution >= 0.6 is 58.0 Å². The molecule has 0 aliphatic carbocycles. The van der Waals surface area contributed by atoms with Gasteiger partial charge in [0.2, 0.25) is 0 Å². The first-order chi connectivity index (χ1) is 9.82. The third-order valence-corrected chi connectivity index (χ3v) is 4.65. The van der Waals surface area contributed by atoms with Crippen LogP contribution in [0.1, 0.15) is 10.4 Å². The number of halogens is 5. The molecule has 0 bridgehead atoms. The summed E-state index contributed by atoms with van der Waals surface area (Å²) >= 11 is 29.2. The molecule has 0 aliphatic rings. The van der Waals surface area contributed by atoms with Gasteiger partial charge in [0.1, 0.15) is 10.8 Å². The molecule has 2 aromatic rings. The van der Waals surface area contributed by atoms with Gasteiger partial charge in [-0.1, -0.05) is 64.1 Å². The molecule has 0 saturated heterocycles. The Kier molecular flexibility index (Phi) is 5.12. The number of carbonyl (C=O) groups excluding carboxylic acids is 1. The van der Waals surface area contributed by atoms with Gasteiger partial charge < -0.3 is 10.4 Å². The van der Waals surface area contributed by atoms with E-state index in [0.717, 1.165) is 0 Å². The summed E-state index contributed by atoms with van der Waals surface area (Å²) in [7, 11) is 0. The first-order valence-corrected chi connectivity index (χ1v) is 7.33. The third-order valence-electron chi connectivity index (χ3n) is 2.58. The van der Waals surface area contributed by atoms with E-state index < -0.39 is 11.7 Å². The molecule has 0 unspecified atom stereocenters. The van der Waals surface area contributed by atoms with Gasteiger partial charge in [0.15, 0.2) is 0 Å². The van der Waals surface area contributed by atoms with Crippen molar-refractivity contribution in [2.24, 2.45) is 0 Å². The molecule has 0 atom stereocenters. The second kappa shape index (κ2) is 6.51. The highest BCUT2D eigenvalue weighted by Gasteiger charge is 2.20. The largest absolute Gasteiger partial charge is 0.505 e.